The molecular formula is C23H13ClF3N5O3. The molecule has 0 amide bonds. The van der Waals surface area contributed by atoms with E-state index in [1.54, 1.807) is 24.3 Å². The molecule has 0 fully saturated rings. The van der Waals surface area contributed by atoms with E-state index in [2.05, 4.69) is 20.1 Å². The molecule has 0 spiro atoms. The van der Waals surface area contributed by atoms with Crippen LogP contribution < -0.4 is 0 Å². The summed E-state index contributed by atoms with van der Waals surface area (Å²) in [6.07, 6.45) is -2.29. The second-order valence-electron chi connectivity index (χ2n) is 7.48. The van der Waals surface area contributed by atoms with Crippen LogP contribution in [0.15, 0.2) is 65.6 Å². The van der Waals surface area contributed by atoms with Crippen molar-refractivity contribution in [3.8, 4) is 17.3 Å². The van der Waals surface area contributed by atoms with Crippen molar-refractivity contribution in [3.05, 3.63) is 88.8 Å². The van der Waals surface area contributed by atoms with Crippen LogP contribution >= 0.6 is 11.6 Å². The minimum Gasteiger partial charge on any atom is -0.508 e. The molecule has 1 N–H and O–H groups in total. The molecule has 8 nitrogen and oxygen atoms in total. The molecule has 3 aromatic heterocycles. The maximum atomic E-state index is 14.4. The van der Waals surface area contributed by atoms with Crippen LogP contribution in [0.5, 0.6) is 5.75 Å². The van der Waals surface area contributed by atoms with E-state index in [1.165, 1.54) is 30.7 Å². The average molecular weight is 500 g/mol. The quantitative estimate of drug-likeness (QED) is 0.334. The van der Waals surface area contributed by atoms with Crippen LogP contribution in [0.3, 0.4) is 0 Å². The highest BCUT2D eigenvalue weighted by Crippen LogP contribution is 2.40. The first-order chi connectivity index (χ1) is 16.7. The Kier molecular flexibility index (Phi) is 5.48. The first-order valence-electron chi connectivity index (χ1n) is 10.0. The topological polar surface area (TPSA) is 107 Å². The Labute approximate surface area is 199 Å². The van der Waals surface area contributed by atoms with Crippen LogP contribution in [-0.2, 0) is 12.7 Å². The van der Waals surface area contributed by atoms with Crippen LogP contribution in [0.4, 0.5) is 13.2 Å². The number of aromatic nitrogens is 5. The van der Waals surface area contributed by atoms with Gasteiger partial charge in [-0.25, -0.2) is 9.97 Å². The maximum absolute atomic E-state index is 14.4. The van der Waals surface area contributed by atoms with Crippen LogP contribution in [-0.4, -0.2) is 35.6 Å². The molecule has 35 heavy (non-hydrogen) atoms. The molecule has 0 radical (unpaired) electrons. The molecule has 0 aliphatic carbocycles. The molecule has 2 aromatic carbocycles. The van der Waals surface area contributed by atoms with E-state index in [0.29, 0.717) is 10.6 Å². The van der Waals surface area contributed by atoms with Gasteiger partial charge in [-0.15, -0.1) is 0 Å². The summed E-state index contributed by atoms with van der Waals surface area (Å²) in [5.41, 5.74) is -1.09. The highest BCUT2D eigenvalue weighted by atomic mass is 35.5. The Bertz CT molecular complexity index is 1550. The van der Waals surface area contributed by atoms with E-state index >= 15 is 0 Å². The number of hydrogen-bond acceptors (Lipinski definition) is 7. The number of phenolic OH excluding ortho intramolecular Hbond substituents is 1. The third-order valence-corrected chi connectivity index (χ3v) is 5.48. The highest BCUT2D eigenvalue weighted by Gasteiger charge is 2.42. The SMILES string of the molecule is O=C(c1nc(-c2ccncn2)no1)c1c(C(F)(F)F)n(Cc2ccc(Cl)cc2)c2ccc(O)cc12. The monoisotopic (exact) mass is 499 g/mol. The summed E-state index contributed by atoms with van der Waals surface area (Å²) in [5.74, 6) is -2.19. The summed E-state index contributed by atoms with van der Waals surface area (Å²) in [5, 5.41) is 14.0. The van der Waals surface area contributed by atoms with E-state index in [9.17, 15) is 23.1 Å². The molecule has 0 aliphatic heterocycles. The van der Waals surface area contributed by atoms with Crippen molar-refractivity contribution in [2.24, 2.45) is 0 Å². The fraction of sp³-hybridized carbons (Fsp3) is 0.0870. The number of alkyl halides is 3. The van der Waals surface area contributed by atoms with Crippen molar-refractivity contribution in [1.82, 2.24) is 24.7 Å². The normalized spacial score (nSPS) is 11.8. The van der Waals surface area contributed by atoms with Gasteiger partial charge in [0.1, 0.15) is 23.5 Å². The second kappa shape index (κ2) is 8.51. The van der Waals surface area contributed by atoms with Crippen molar-refractivity contribution >= 4 is 28.3 Å². The van der Waals surface area contributed by atoms with Gasteiger partial charge in [-0.05, 0) is 42.0 Å². The third-order valence-electron chi connectivity index (χ3n) is 5.23. The standard InChI is InChI=1S/C23H13ClF3N5O3/c24-13-3-1-12(2-4-13)10-32-17-6-5-14(33)9-15(17)18(20(32)23(25,26)27)19(34)22-30-21(31-35-22)16-7-8-28-11-29-16/h1-9,11,33H,10H2. The molecule has 0 atom stereocenters. The molecule has 0 saturated carbocycles. The van der Waals surface area contributed by atoms with Crippen LogP contribution in [0.25, 0.3) is 22.4 Å². The van der Waals surface area contributed by atoms with Gasteiger partial charge in [0, 0.05) is 28.7 Å². The predicted molar refractivity (Wildman–Crippen MR) is 118 cm³/mol. The lowest BCUT2D eigenvalue weighted by molar-refractivity contribution is -0.143. The Morgan fingerprint density at radius 2 is 1.89 bits per heavy atom. The van der Waals surface area contributed by atoms with Gasteiger partial charge in [-0.1, -0.05) is 28.9 Å². The fourth-order valence-corrected chi connectivity index (χ4v) is 3.88. The lowest BCUT2D eigenvalue weighted by Gasteiger charge is -2.14. The largest absolute Gasteiger partial charge is 0.508 e. The van der Waals surface area contributed by atoms with Gasteiger partial charge in [0.2, 0.25) is 5.82 Å². The summed E-state index contributed by atoms with van der Waals surface area (Å²) in [7, 11) is 0. The Hall–Kier alpha value is -4.25. The number of fused-ring (bicyclic) bond motifs is 1. The summed E-state index contributed by atoms with van der Waals surface area (Å²) < 4.78 is 49.2. The van der Waals surface area contributed by atoms with Gasteiger partial charge in [0.05, 0.1) is 5.56 Å². The fourth-order valence-electron chi connectivity index (χ4n) is 3.75. The average Bonchev–Trinajstić information content (AvgIpc) is 3.44. The van der Waals surface area contributed by atoms with Crippen molar-refractivity contribution in [3.63, 3.8) is 0 Å². The summed E-state index contributed by atoms with van der Waals surface area (Å²) in [4.78, 5) is 25.0. The lowest BCUT2D eigenvalue weighted by atomic mass is 10.1. The number of ketones is 1. The number of carbonyl (C=O) groups excluding carboxylic acids is 1. The molecule has 0 saturated heterocycles. The van der Waals surface area contributed by atoms with Gasteiger partial charge >= 0.3 is 6.18 Å². The van der Waals surface area contributed by atoms with Crippen molar-refractivity contribution in [2.45, 2.75) is 12.7 Å². The zero-order chi connectivity index (χ0) is 24.7. The summed E-state index contributed by atoms with van der Waals surface area (Å²) in [6, 6.07) is 11.4. The molecular weight excluding hydrogens is 487 g/mol. The van der Waals surface area contributed by atoms with Gasteiger partial charge in [-0.3, -0.25) is 4.79 Å². The van der Waals surface area contributed by atoms with Gasteiger partial charge in [-0.2, -0.15) is 18.2 Å². The summed E-state index contributed by atoms with van der Waals surface area (Å²) >= 11 is 5.90. The van der Waals surface area contributed by atoms with Gasteiger partial charge in [0.15, 0.2) is 0 Å². The summed E-state index contributed by atoms with van der Waals surface area (Å²) in [6.45, 7) is -0.212. The molecule has 176 valence electrons. The Morgan fingerprint density at radius 3 is 2.57 bits per heavy atom. The Balaban J connectivity index is 1.70. The second-order valence-corrected chi connectivity index (χ2v) is 7.92. The minimum absolute atomic E-state index is 0.0861. The Morgan fingerprint density at radius 1 is 1.11 bits per heavy atom. The highest BCUT2D eigenvalue weighted by molar-refractivity contribution is 6.30. The van der Waals surface area contributed by atoms with Crippen molar-refractivity contribution in [1.29, 1.82) is 0 Å². The number of halogens is 4. The number of phenols is 1. The van der Waals surface area contributed by atoms with Crippen LogP contribution in [0.2, 0.25) is 5.02 Å². The first kappa shape index (κ1) is 22.5. The van der Waals surface area contributed by atoms with E-state index < -0.39 is 29.1 Å². The molecule has 5 rings (SSSR count). The number of benzene rings is 2. The van der Waals surface area contributed by atoms with E-state index in [-0.39, 0.29) is 34.7 Å². The first-order valence-corrected chi connectivity index (χ1v) is 10.4. The van der Waals surface area contributed by atoms with Gasteiger partial charge < -0.3 is 14.2 Å². The number of nitrogens with zero attached hydrogens (tertiary/aromatic N) is 5. The minimum atomic E-state index is -4.93. The number of hydrogen-bond donors (Lipinski definition) is 1. The van der Waals surface area contributed by atoms with E-state index in [4.69, 9.17) is 16.1 Å². The molecule has 0 unspecified atom stereocenters. The predicted octanol–water partition coefficient (Wildman–Crippen LogP) is 5.14. The zero-order valence-corrected chi connectivity index (χ0v) is 18.2. The van der Waals surface area contributed by atoms with Crippen molar-refractivity contribution < 1.29 is 27.6 Å². The molecule has 0 aliphatic rings. The number of carbonyl (C=O) groups is 1. The smallest absolute Gasteiger partial charge is 0.432 e. The number of rotatable bonds is 5. The molecule has 3 heterocycles. The molecule has 5 aromatic rings. The van der Waals surface area contributed by atoms with Crippen LogP contribution in [0, 0.1) is 0 Å². The van der Waals surface area contributed by atoms with E-state index in [0.717, 1.165) is 10.6 Å². The lowest BCUT2D eigenvalue weighted by Crippen LogP contribution is -2.19. The molecule has 12 heteroatoms. The maximum Gasteiger partial charge on any atom is 0.432 e. The third kappa shape index (κ3) is 4.21. The van der Waals surface area contributed by atoms with Gasteiger partial charge in [0.25, 0.3) is 11.7 Å². The van der Waals surface area contributed by atoms with Crippen LogP contribution in [0.1, 0.15) is 27.5 Å². The number of aromatic hydroxyl groups is 1. The van der Waals surface area contributed by atoms with Crippen molar-refractivity contribution in [2.75, 3.05) is 0 Å². The van der Waals surface area contributed by atoms with E-state index in [1.807, 2.05) is 0 Å². The molecule has 0 bridgehead atoms. The zero-order valence-electron chi connectivity index (χ0n) is 17.5.